The van der Waals surface area contributed by atoms with Gasteiger partial charge < -0.3 is 10.5 Å². The molecule has 1 amide bonds. The van der Waals surface area contributed by atoms with Crippen molar-refractivity contribution in [3.8, 4) is 5.75 Å². The maximum absolute atomic E-state index is 10.7. The van der Waals surface area contributed by atoms with Crippen LogP contribution in [0.2, 0.25) is 0 Å². The number of para-hydroxylation sites is 1. The zero-order valence-corrected chi connectivity index (χ0v) is 7.69. The Hall–Kier alpha value is -1.77. The number of fused-ring (bicyclic) bond motifs is 1. The summed E-state index contributed by atoms with van der Waals surface area (Å²) in [7, 11) is 0. The SMILES string of the molecule is NC(=O)CC1=Cc2ccccc2OC1. The van der Waals surface area contributed by atoms with Crippen molar-refractivity contribution < 1.29 is 9.53 Å². The van der Waals surface area contributed by atoms with Crippen molar-refractivity contribution in [2.75, 3.05) is 6.61 Å². The molecule has 0 saturated carbocycles. The summed E-state index contributed by atoms with van der Waals surface area (Å²) in [5.74, 6) is 0.542. The number of carbonyl (C=O) groups excluding carboxylic acids is 1. The highest BCUT2D eigenvalue weighted by atomic mass is 16.5. The summed E-state index contributed by atoms with van der Waals surface area (Å²) in [6.07, 6.45) is 2.23. The normalized spacial score (nSPS) is 13.9. The van der Waals surface area contributed by atoms with Gasteiger partial charge in [0.05, 0.1) is 6.42 Å². The Bertz CT molecular complexity index is 396. The lowest BCUT2D eigenvalue weighted by Crippen LogP contribution is -2.16. The summed E-state index contributed by atoms with van der Waals surface area (Å²) in [5, 5.41) is 0. The molecule has 0 bridgehead atoms. The van der Waals surface area contributed by atoms with E-state index in [2.05, 4.69) is 0 Å². The van der Waals surface area contributed by atoms with Crippen LogP contribution in [0.15, 0.2) is 29.8 Å². The maximum atomic E-state index is 10.7. The fourth-order valence-electron chi connectivity index (χ4n) is 1.49. The van der Waals surface area contributed by atoms with Gasteiger partial charge in [0, 0.05) is 5.56 Å². The molecule has 0 aliphatic carbocycles. The van der Waals surface area contributed by atoms with E-state index in [0.29, 0.717) is 6.61 Å². The fraction of sp³-hybridized carbons (Fsp3) is 0.182. The molecule has 1 aromatic carbocycles. The number of benzene rings is 1. The van der Waals surface area contributed by atoms with Crippen LogP contribution in [0.25, 0.3) is 6.08 Å². The van der Waals surface area contributed by atoms with Crippen LogP contribution in [0.5, 0.6) is 5.75 Å². The summed E-state index contributed by atoms with van der Waals surface area (Å²) < 4.78 is 5.46. The molecule has 0 aromatic heterocycles. The lowest BCUT2D eigenvalue weighted by atomic mass is 10.1. The Kier molecular flexibility index (Phi) is 2.23. The highest BCUT2D eigenvalue weighted by Crippen LogP contribution is 2.26. The highest BCUT2D eigenvalue weighted by molar-refractivity contribution is 5.79. The quantitative estimate of drug-likeness (QED) is 0.763. The van der Waals surface area contributed by atoms with Crippen LogP contribution in [0, 0.1) is 0 Å². The van der Waals surface area contributed by atoms with Crippen molar-refractivity contribution in [2.45, 2.75) is 6.42 Å². The molecule has 14 heavy (non-hydrogen) atoms. The number of hydrogen-bond acceptors (Lipinski definition) is 2. The average molecular weight is 189 g/mol. The van der Waals surface area contributed by atoms with Crippen LogP contribution >= 0.6 is 0 Å². The predicted molar refractivity (Wildman–Crippen MR) is 53.7 cm³/mol. The van der Waals surface area contributed by atoms with Crippen LogP contribution in [0.1, 0.15) is 12.0 Å². The third-order valence-electron chi connectivity index (χ3n) is 2.09. The van der Waals surface area contributed by atoms with Crippen molar-refractivity contribution in [3.63, 3.8) is 0 Å². The molecule has 1 heterocycles. The summed E-state index contributed by atoms with van der Waals surface area (Å²) in [6.45, 7) is 0.458. The number of rotatable bonds is 2. The largest absolute Gasteiger partial charge is 0.489 e. The van der Waals surface area contributed by atoms with Gasteiger partial charge in [0.1, 0.15) is 12.4 Å². The monoisotopic (exact) mass is 189 g/mol. The van der Waals surface area contributed by atoms with Gasteiger partial charge in [-0.3, -0.25) is 4.79 Å². The molecule has 0 saturated heterocycles. The fourth-order valence-corrected chi connectivity index (χ4v) is 1.49. The molecule has 2 rings (SSSR count). The van der Waals surface area contributed by atoms with Crippen LogP contribution in [-0.4, -0.2) is 12.5 Å². The van der Waals surface area contributed by atoms with E-state index in [1.807, 2.05) is 30.3 Å². The maximum Gasteiger partial charge on any atom is 0.221 e. The molecule has 0 unspecified atom stereocenters. The molecule has 1 aromatic rings. The smallest absolute Gasteiger partial charge is 0.221 e. The van der Waals surface area contributed by atoms with Crippen LogP contribution in [0.3, 0.4) is 0 Å². The third-order valence-corrected chi connectivity index (χ3v) is 2.09. The van der Waals surface area contributed by atoms with Gasteiger partial charge >= 0.3 is 0 Å². The molecule has 72 valence electrons. The van der Waals surface area contributed by atoms with E-state index in [0.717, 1.165) is 16.9 Å². The summed E-state index contributed by atoms with van der Waals surface area (Å²) in [5.41, 5.74) is 7.04. The lowest BCUT2D eigenvalue weighted by Gasteiger charge is -2.16. The Labute approximate surface area is 82.2 Å². The molecule has 0 spiro atoms. The minimum Gasteiger partial charge on any atom is -0.489 e. The number of nitrogens with two attached hydrogens (primary N) is 1. The van der Waals surface area contributed by atoms with Crippen LogP contribution in [0.4, 0.5) is 0 Å². The van der Waals surface area contributed by atoms with Crippen molar-refractivity contribution >= 4 is 12.0 Å². The second kappa shape index (κ2) is 3.54. The Balaban J connectivity index is 2.26. The van der Waals surface area contributed by atoms with E-state index in [4.69, 9.17) is 10.5 Å². The highest BCUT2D eigenvalue weighted by Gasteiger charge is 2.11. The topological polar surface area (TPSA) is 52.3 Å². The molecule has 0 fully saturated rings. The Morgan fingerprint density at radius 2 is 2.21 bits per heavy atom. The molecule has 1 aliphatic rings. The van der Waals surface area contributed by atoms with E-state index in [1.165, 1.54) is 0 Å². The molecule has 0 radical (unpaired) electrons. The van der Waals surface area contributed by atoms with Gasteiger partial charge in [-0.15, -0.1) is 0 Å². The summed E-state index contributed by atoms with van der Waals surface area (Å²) >= 11 is 0. The molecular formula is C11H11NO2. The minimum absolute atomic E-state index is 0.272. The van der Waals surface area contributed by atoms with Crippen LogP contribution in [-0.2, 0) is 4.79 Å². The first-order chi connectivity index (χ1) is 6.75. The standard InChI is InChI=1S/C11H11NO2/c12-11(13)6-8-5-9-3-1-2-4-10(9)14-7-8/h1-5H,6-7H2,(H2,12,13). The van der Waals surface area contributed by atoms with E-state index in [9.17, 15) is 4.79 Å². The van der Waals surface area contributed by atoms with Crippen molar-refractivity contribution in [2.24, 2.45) is 5.73 Å². The average Bonchev–Trinajstić information content (AvgIpc) is 2.17. The first-order valence-corrected chi connectivity index (χ1v) is 4.45. The van der Waals surface area contributed by atoms with Crippen molar-refractivity contribution in [1.29, 1.82) is 0 Å². The predicted octanol–water partition coefficient (Wildman–Crippen LogP) is 1.34. The molecule has 0 atom stereocenters. The van der Waals surface area contributed by atoms with E-state index < -0.39 is 0 Å². The number of amides is 1. The van der Waals surface area contributed by atoms with Gasteiger partial charge in [0.25, 0.3) is 0 Å². The minimum atomic E-state index is -0.320. The van der Waals surface area contributed by atoms with Gasteiger partial charge in [-0.2, -0.15) is 0 Å². The summed E-state index contributed by atoms with van der Waals surface area (Å²) in [6, 6.07) is 7.72. The molecule has 3 heteroatoms. The lowest BCUT2D eigenvalue weighted by molar-refractivity contribution is -0.117. The number of ether oxygens (including phenoxy) is 1. The van der Waals surface area contributed by atoms with Gasteiger partial charge in [-0.1, -0.05) is 18.2 Å². The molecule has 1 aliphatic heterocycles. The Morgan fingerprint density at radius 1 is 1.43 bits per heavy atom. The molecule has 3 nitrogen and oxygen atoms in total. The van der Waals surface area contributed by atoms with Gasteiger partial charge in [-0.25, -0.2) is 0 Å². The van der Waals surface area contributed by atoms with Crippen molar-refractivity contribution in [1.82, 2.24) is 0 Å². The van der Waals surface area contributed by atoms with Crippen molar-refractivity contribution in [3.05, 3.63) is 35.4 Å². The first-order valence-electron chi connectivity index (χ1n) is 4.45. The number of carbonyl (C=O) groups is 1. The zero-order valence-electron chi connectivity index (χ0n) is 7.69. The molecule has 2 N–H and O–H groups in total. The molecular weight excluding hydrogens is 178 g/mol. The van der Waals surface area contributed by atoms with Gasteiger partial charge in [0.2, 0.25) is 5.91 Å². The number of hydrogen-bond donors (Lipinski definition) is 1. The number of primary amides is 1. The van der Waals surface area contributed by atoms with E-state index >= 15 is 0 Å². The van der Waals surface area contributed by atoms with E-state index in [-0.39, 0.29) is 12.3 Å². The third kappa shape index (κ3) is 1.76. The van der Waals surface area contributed by atoms with Crippen LogP contribution < -0.4 is 10.5 Å². The van der Waals surface area contributed by atoms with Gasteiger partial charge in [-0.05, 0) is 17.7 Å². The Morgan fingerprint density at radius 3 is 3.00 bits per heavy atom. The zero-order chi connectivity index (χ0) is 9.97. The second-order valence-corrected chi connectivity index (χ2v) is 3.27. The summed E-state index contributed by atoms with van der Waals surface area (Å²) in [4.78, 5) is 10.7. The van der Waals surface area contributed by atoms with E-state index in [1.54, 1.807) is 0 Å². The van der Waals surface area contributed by atoms with Gasteiger partial charge in [0.15, 0.2) is 0 Å². The second-order valence-electron chi connectivity index (χ2n) is 3.27. The first kappa shape index (κ1) is 8.81.